The van der Waals surface area contributed by atoms with Gasteiger partial charge in [0.15, 0.2) is 0 Å². The van der Waals surface area contributed by atoms with E-state index in [1.807, 2.05) is 0 Å². The van der Waals surface area contributed by atoms with Crippen LogP contribution in [-0.2, 0) is 4.79 Å². The van der Waals surface area contributed by atoms with Gasteiger partial charge in [-0.2, -0.15) is 0 Å². The number of hydrogen-bond acceptors (Lipinski definition) is 3. The molecule has 1 amide bonds. The van der Waals surface area contributed by atoms with Gasteiger partial charge in [-0.15, -0.1) is 0 Å². The van der Waals surface area contributed by atoms with Crippen molar-refractivity contribution in [1.29, 1.82) is 0 Å². The van der Waals surface area contributed by atoms with E-state index in [1.54, 1.807) is 0 Å². The second-order valence-electron chi connectivity index (χ2n) is 6.05. The number of unbranched alkanes of at least 4 members (excludes halogenated alkanes) is 1. The molecule has 0 radical (unpaired) electrons. The molecular weight excluding hydrogens is 238 g/mol. The molecule has 4 nitrogen and oxygen atoms in total. The number of carbonyl (C=O) groups is 1. The molecule has 0 aromatic heterocycles. The van der Waals surface area contributed by atoms with Crippen LogP contribution in [0.5, 0.6) is 0 Å². The average Bonchev–Trinajstić information content (AvgIpc) is 2.63. The summed E-state index contributed by atoms with van der Waals surface area (Å²) in [7, 11) is 0. The number of nitrogens with two attached hydrogens (primary N) is 1. The summed E-state index contributed by atoms with van der Waals surface area (Å²) in [5, 5.41) is 0. The highest BCUT2D eigenvalue weighted by molar-refractivity contribution is 5.78. The first-order chi connectivity index (χ1) is 9.06. The molecule has 0 spiro atoms. The van der Waals surface area contributed by atoms with Gasteiger partial charge >= 0.3 is 0 Å². The molecule has 1 aliphatic heterocycles. The summed E-state index contributed by atoms with van der Waals surface area (Å²) in [5.41, 5.74) is 5.53. The Bertz CT molecular complexity index is 268. The fourth-order valence-electron chi connectivity index (χ4n) is 2.47. The maximum absolute atomic E-state index is 12.4. The lowest BCUT2D eigenvalue weighted by Crippen LogP contribution is -2.39. The zero-order chi connectivity index (χ0) is 14.3. The molecule has 2 N–H and O–H groups in total. The largest absolute Gasteiger partial charge is 0.341 e. The Morgan fingerprint density at radius 1 is 1.11 bits per heavy atom. The van der Waals surface area contributed by atoms with Crippen molar-refractivity contribution in [3.05, 3.63) is 0 Å². The number of hydrogen-bond donors (Lipinski definition) is 1. The first kappa shape index (κ1) is 16.4. The summed E-state index contributed by atoms with van der Waals surface area (Å²) >= 11 is 0. The van der Waals surface area contributed by atoms with Crippen LogP contribution in [0.3, 0.4) is 0 Å². The minimum Gasteiger partial charge on any atom is -0.341 e. The van der Waals surface area contributed by atoms with Crippen LogP contribution >= 0.6 is 0 Å². The number of rotatable bonds is 6. The van der Waals surface area contributed by atoms with Crippen LogP contribution in [0.2, 0.25) is 0 Å². The Kier molecular flexibility index (Phi) is 7.39. The van der Waals surface area contributed by atoms with Crippen LogP contribution in [0, 0.1) is 11.8 Å². The van der Waals surface area contributed by atoms with Crippen molar-refractivity contribution in [1.82, 2.24) is 9.80 Å². The number of nitrogens with zero attached hydrogens (tertiary/aromatic N) is 2. The lowest BCUT2D eigenvalue weighted by atomic mass is 9.96. The van der Waals surface area contributed by atoms with E-state index < -0.39 is 0 Å². The molecule has 1 saturated heterocycles. The minimum absolute atomic E-state index is 0.142. The monoisotopic (exact) mass is 269 g/mol. The Morgan fingerprint density at radius 2 is 1.84 bits per heavy atom. The van der Waals surface area contributed by atoms with Gasteiger partial charge in [0.2, 0.25) is 5.91 Å². The van der Waals surface area contributed by atoms with Crippen molar-refractivity contribution in [2.45, 2.75) is 40.0 Å². The molecule has 0 aromatic carbocycles. The predicted octanol–water partition coefficient (Wildman–Crippen LogP) is 1.55. The molecular formula is C15H31N3O. The normalized spacial score (nSPS) is 19.5. The first-order valence-electron chi connectivity index (χ1n) is 7.77. The van der Waals surface area contributed by atoms with Crippen molar-refractivity contribution < 1.29 is 4.79 Å². The molecule has 0 aliphatic carbocycles. The van der Waals surface area contributed by atoms with Crippen molar-refractivity contribution in [2.24, 2.45) is 17.6 Å². The van der Waals surface area contributed by atoms with Gasteiger partial charge in [-0.25, -0.2) is 0 Å². The van der Waals surface area contributed by atoms with Crippen LogP contribution in [0.4, 0.5) is 0 Å². The lowest BCUT2D eigenvalue weighted by molar-refractivity contribution is -0.136. The van der Waals surface area contributed by atoms with Crippen LogP contribution < -0.4 is 5.73 Å². The van der Waals surface area contributed by atoms with E-state index >= 15 is 0 Å². The first-order valence-corrected chi connectivity index (χ1v) is 7.77. The molecule has 1 aliphatic rings. The Labute approximate surface area is 118 Å². The van der Waals surface area contributed by atoms with Crippen molar-refractivity contribution in [3.63, 3.8) is 0 Å². The van der Waals surface area contributed by atoms with Gasteiger partial charge in [0, 0.05) is 25.6 Å². The molecule has 19 heavy (non-hydrogen) atoms. The fourth-order valence-corrected chi connectivity index (χ4v) is 2.47. The maximum atomic E-state index is 12.4. The van der Waals surface area contributed by atoms with E-state index in [2.05, 4.69) is 30.6 Å². The summed E-state index contributed by atoms with van der Waals surface area (Å²) in [6, 6.07) is 0. The standard InChI is InChI=1S/C15H31N3O/c1-13(2)14(3)15(19)18-10-6-9-17(11-12-18)8-5-4-7-16/h13-14H,4-12,16H2,1-3H3. The van der Waals surface area contributed by atoms with E-state index in [1.165, 1.54) is 6.42 Å². The predicted molar refractivity (Wildman–Crippen MR) is 79.9 cm³/mol. The molecule has 0 bridgehead atoms. The molecule has 1 fully saturated rings. The van der Waals surface area contributed by atoms with Gasteiger partial charge in [-0.3, -0.25) is 4.79 Å². The highest BCUT2D eigenvalue weighted by Crippen LogP contribution is 2.15. The van der Waals surface area contributed by atoms with Crippen LogP contribution in [-0.4, -0.2) is 55.0 Å². The van der Waals surface area contributed by atoms with E-state index in [9.17, 15) is 4.79 Å². The number of amides is 1. The summed E-state index contributed by atoms with van der Waals surface area (Å²) in [6.45, 7) is 12.1. The molecule has 4 heteroatoms. The molecule has 1 atom stereocenters. The second-order valence-corrected chi connectivity index (χ2v) is 6.05. The highest BCUT2D eigenvalue weighted by Gasteiger charge is 2.24. The second kappa shape index (κ2) is 8.54. The highest BCUT2D eigenvalue weighted by atomic mass is 16.2. The van der Waals surface area contributed by atoms with Gasteiger partial charge in [0.1, 0.15) is 0 Å². The average molecular weight is 269 g/mol. The Hall–Kier alpha value is -0.610. The summed E-state index contributed by atoms with van der Waals surface area (Å²) < 4.78 is 0. The van der Waals surface area contributed by atoms with Gasteiger partial charge in [-0.1, -0.05) is 20.8 Å². The summed E-state index contributed by atoms with van der Waals surface area (Å²) in [4.78, 5) is 16.9. The van der Waals surface area contributed by atoms with E-state index in [-0.39, 0.29) is 5.92 Å². The Balaban J connectivity index is 2.38. The van der Waals surface area contributed by atoms with Crippen LogP contribution in [0.1, 0.15) is 40.0 Å². The van der Waals surface area contributed by atoms with E-state index in [4.69, 9.17) is 5.73 Å². The van der Waals surface area contributed by atoms with Gasteiger partial charge < -0.3 is 15.5 Å². The maximum Gasteiger partial charge on any atom is 0.225 e. The smallest absolute Gasteiger partial charge is 0.225 e. The molecule has 1 heterocycles. The molecule has 112 valence electrons. The summed E-state index contributed by atoms with van der Waals surface area (Å²) in [5.74, 6) is 0.902. The molecule has 0 aromatic rings. The van der Waals surface area contributed by atoms with Gasteiger partial charge in [0.05, 0.1) is 0 Å². The van der Waals surface area contributed by atoms with Crippen molar-refractivity contribution in [3.8, 4) is 0 Å². The molecule has 1 rings (SSSR count). The third-order valence-electron chi connectivity index (χ3n) is 4.22. The fraction of sp³-hybridized carbons (Fsp3) is 0.933. The number of carbonyl (C=O) groups excluding carboxylic acids is 1. The van der Waals surface area contributed by atoms with E-state index in [0.29, 0.717) is 11.8 Å². The molecule has 0 saturated carbocycles. The minimum atomic E-state index is 0.142. The zero-order valence-corrected chi connectivity index (χ0v) is 12.9. The topological polar surface area (TPSA) is 49.6 Å². The van der Waals surface area contributed by atoms with Crippen molar-refractivity contribution in [2.75, 3.05) is 39.3 Å². The third-order valence-corrected chi connectivity index (χ3v) is 4.22. The third kappa shape index (κ3) is 5.49. The van der Waals surface area contributed by atoms with Crippen LogP contribution in [0.25, 0.3) is 0 Å². The molecule has 1 unspecified atom stereocenters. The SMILES string of the molecule is CC(C)C(C)C(=O)N1CCCN(CCCCN)CC1. The lowest BCUT2D eigenvalue weighted by Gasteiger charge is -2.26. The summed E-state index contributed by atoms with van der Waals surface area (Å²) in [6.07, 6.45) is 3.37. The van der Waals surface area contributed by atoms with E-state index in [0.717, 1.165) is 52.1 Å². The van der Waals surface area contributed by atoms with Gasteiger partial charge in [-0.05, 0) is 44.8 Å². The quantitative estimate of drug-likeness (QED) is 0.744. The Morgan fingerprint density at radius 3 is 2.47 bits per heavy atom. The van der Waals surface area contributed by atoms with Crippen molar-refractivity contribution >= 4 is 5.91 Å². The van der Waals surface area contributed by atoms with Crippen LogP contribution in [0.15, 0.2) is 0 Å². The van der Waals surface area contributed by atoms with Gasteiger partial charge in [0.25, 0.3) is 0 Å². The zero-order valence-electron chi connectivity index (χ0n) is 12.9.